The van der Waals surface area contributed by atoms with E-state index in [-0.39, 0.29) is 11.9 Å². The molecule has 0 radical (unpaired) electrons. The molecule has 19 heavy (non-hydrogen) atoms. The Morgan fingerprint density at radius 3 is 2.16 bits per heavy atom. The fraction of sp³-hybridized carbons (Fsp3) is 0.857. The third-order valence-corrected chi connectivity index (χ3v) is 4.47. The Balaban J connectivity index is 1.74. The SMILES string of the molecule is CC1CCC(NC(=O)N2CCC(C(=O)O)CC2)CC1. The average molecular weight is 268 g/mol. The first-order valence-corrected chi connectivity index (χ1v) is 7.34. The molecule has 108 valence electrons. The Hall–Kier alpha value is -1.26. The van der Waals surface area contributed by atoms with Crippen LogP contribution in [0.2, 0.25) is 0 Å². The van der Waals surface area contributed by atoms with Gasteiger partial charge in [0.2, 0.25) is 0 Å². The lowest BCUT2D eigenvalue weighted by molar-refractivity contribution is -0.143. The molecule has 1 heterocycles. The third-order valence-electron chi connectivity index (χ3n) is 4.47. The number of urea groups is 1. The molecule has 2 N–H and O–H groups in total. The summed E-state index contributed by atoms with van der Waals surface area (Å²) in [6.45, 7) is 3.38. The quantitative estimate of drug-likeness (QED) is 0.805. The Morgan fingerprint density at radius 2 is 1.63 bits per heavy atom. The lowest BCUT2D eigenvalue weighted by Crippen LogP contribution is -2.49. The molecule has 5 nitrogen and oxygen atoms in total. The normalized spacial score (nSPS) is 29.0. The number of likely N-dealkylation sites (tertiary alicyclic amines) is 1. The zero-order valence-corrected chi connectivity index (χ0v) is 11.6. The van der Waals surface area contributed by atoms with Crippen molar-refractivity contribution in [3.63, 3.8) is 0 Å². The molecule has 0 aromatic carbocycles. The van der Waals surface area contributed by atoms with Crippen LogP contribution < -0.4 is 5.32 Å². The summed E-state index contributed by atoms with van der Waals surface area (Å²) in [6.07, 6.45) is 5.66. The van der Waals surface area contributed by atoms with E-state index in [2.05, 4.69) is 12.2 Å². The van der Waals surface area contributed by atoms with E-state index in [0.29, 0.717) is 32.0 Å². The third kappa shape index (κ3) is 3.85. The summed E-state index contributed by atoms with van der Waals surface area (Å²) in [5, 5.41) is 12.0. The topological polar surface area (TPSA) is 69.6 Å². The number of carboxylic acid groups (broad SMARTS) is 1. The second-order valence-electron chi connectivity index (χ2n) is 6.01. The van der Waals surface area contributed by atoms with Crippen molar-refractivity contribution in [2.75, 3.05) is 13.1 Å². The number of nitrogens with zero attached hydrogens (tertiary/aromatic N) is 1. The first-order valence-electron chi connectivity index (χ1n) is 7.34. The monoisotopic (exact) mass is 268 g/mol. The van der Waals surface area contributed by atoms with E-state index in [0.717, 1.165) is 18.8 Å². The second kappa shape index (κ2) is 6.26. The van der Waals surface area contributed by atoms with Gasteiger partial charge in [0.15, 0.2) is 0 Å². The van der Waals surface area contributed by atoms with Crippen molar-refractivity contribution in [2.45, 2.75) is 51.5 Å². The molecule has 2 rings (SSSR count). The summed E-state index contributed by atoms with van der Waals surface area (Å²) >= 11 is 0. The first-order chi connectivity index (χ1) is 9.06. The van der Waals surface area contributed by atoms with Gasteiger partial charge >= 0.3 is 12.0 Å². The van der Waals surface area contributed by atoms with E-state index in [1.54, 1.807) is 4.90 Å². The summed E-state index contributed by atoms with van der Waals surface area (Å²) < 4.78 is 0. The number of carboxylic acids is 1. The van der Waals surface area contributed by atoms with Crippen molar-refractivity contribution in [1.82, 2.24) is 10.2 Å². The van der Waals surface area contributed by atoms with E-state index in [4.69, 9.17) is 5.11 Å². The number of amides is 2. The highest BCUT2D eigenvalue weighted by Crippen LogP contribution is 2.24. The molecule has 1 saturated carbocycles. The molecule has 5 heteroatoms. The van der Waals surface area contributed by atoms with Crippen LogP contribution in [0.3, 0.4) is 0 Å². The molecule has 2 aliphatic rings. The van der Waals surface area contributed by atoms with Crippen LogP contribution in [0.25, 0.3) is 0 Å². The molecule has 0 atom stereocenters. The molecule has 1 saturated heterocycles. The molecular formula is C14H24N2O3. The molecule has 1 aliphatic carbocycles. The van der Waals surface area contributed by atoms with E-state index in [9.17, 15) is 9.59 Å². The minimum absolute atomic E-state index is 0.0107. The van der Waals surface area contributed by atoms with Gasteiger partial charge in [-0.1, -0.05) is 6.92 Å². The number of carbonyl (C=O) groups is 2. The van der Waals surface area contributed by atoms with Gasteiger partial charge in [-0.05, 0) is 44.4 Å². The summed E-state index contributed by atoms with van der Waals surface area (Å²) in [5.41, 5.74) is 0. The summed E-state index contributed by atoms with van der Waals surface area (Å²) in [4.78, 5) is 24.7. The van der Waals surface area contributed by atoms with Gasteiger partial charge in [-0.2, -0.15) is 0 Å². The van der Waals surface area contributed by atoms with Crippen LogP contribution in [-0.4, -0.2) is 41.1 Å². The van der Waals surface area contributed by atoms with Crippen molar-refractivity contribution >= 4 is 12.0 Å². The number of hydrogen-bond donors (Lipinski definition) is 2. The average Bonchev–Trinajstić information content (AvgIpc) is 2.41. The number of nitrogens with one attached hydrogen (secondary N) is 1. The Kier molecular flexibility index (Phi) is 4.66. The molecular weight excluding hydrogens is 244 g/mol. The van der Waals surface area contributed by atoms with E-state index < -0.39 is 5.97 Å². The van der Waals surface area contributed by atoms with Gasteiger partial charge in [-0.3, -0.25) is 4.79 Å². The summed E-state index contributed by atoms with van der Waals surface area (Å²) in [5.74, 6) is -0.236. The zero-order chi connectivity index (χ0) is 13.8. The van der Waals surface area contributed by atoms with Gasteiger partial charge in [-0.15, -0.1) is 0 Å². The van der Waals surface area contributed by atoms with E-state index >= 15 is 0 Å². The van der Waals surface area contributed by atoms with Gasteiger partial charge in [0.1, 0.15) is 0 Å². The molecule has 0 aromatic rings. The number of carbonyl (C=O) groups excluding carboxylic acids is 1. The zero-order valence-electron chi connectivity index (χ0n) is 11.6. The van der Waals surface area contributed by atoms with E-state index in [1.807, 2.05) is 0 Å². The fourth-order valence-corrected chi connectivity index (χ4v) is 3.00. The molecule has 0 spiro atoms. The Labute approximate surface area is 114 Å². The summed E-state index contributed by atoms with van der Waals surface area (Å²) in [6, 6.07) is 0.296. The minimum atomic E-state index is -0.735. The largest absolute Gasteiger partial charge is 0.481 e. The summed E-state index contributed by atoms with van der Waals surface area (Å²) in [7, 11) is 0. The van der Waals surface area contributed by atoms with Crippen LogP contribution in [-0.2, 0) is 4.79 Å². The van der Waals surface area contributed by atoms with Gasteiger partial charge in [0.05, 0.1) is 5.92 Å². The van der Waals surface area contributed by atoms with Crippen molar-refractivity contribution in [2.24, 2.45) is 11.8 Å². The number of hydrogen-bond acceptors (Lipinski definition) is 2. The van der Waals surface area contributed by atoms with Crippen molar-refractivity contribution in [3.05, 3.63) is 0 Å². The first kappa shape index (κ1) is 14.2. The molecule has 0 aromatic heterocycles. The molecule has 2 amide bonds. The van der Waals surface area contributed by atoms with Gasteiger partial charge < -0.3 is 15.3 Å². The standard InChI is InChI=1S/C14H24N2O3/c1-10-2-4-12(5-3-10)15-14(19)16-8-6-11(7-9-16)13(17)18/h10-12H,2-9H2,1H3,(H,15,19)(H,17,18). The highest BCUT2D eigenvalue weighted by atomic mass is 16.4. The maximum absolute atomic E-state index is 12.1. The van der Waals surface area contributed by atoms with Crippen molar-refractivity contribution in [1.29, 1.82) is 0 Å². The predicted octanol–water partition coefficient (Wildman–Crippen LogP) is 2.07. The molecule has 0 bridgehead atoms. The molecule has 1 aliphatic heterocycles. The Bertz CT molecular complexity index is 330. The minimum Gasteiger partial charge on any atom is -0.481 e. The van der Waals surface area contributed by atoms with Crippen LogP contribution >= 0.6 is 0 Å². The highest BCUT2D eigenvalue weighted by molar-refractivity contribution is 5.75. The molecule has 2 fully saturated rings. The van der Waals surface area contributed by atoms with Crippen molar-refractivity contribution in [3.8, 4) is 0 Å². The highest BCUT2D eigenvalue weighted by Gasteiger charge is 2.28. The maximum Gasteiger partial charge on any atom is 0.317 e. The maximum atomic E-state index is 12.1. The van der Waals surface area contributed by atoms with Gasteiger partial charge in [0, 0.05) is 19.1 Å². The Morgan fingerprint density at radius 1 is 1.05 bits per heavy atom. The second-order valence-corrected chi connectivity index (χ2v) is 6.01. The van der Waals surface area contributed by atoms with Crippen LogP contribution in [0.5, 0.6) is 0 Å². The lowest BCUT2D eigenvalue weighted by Gasteiger charge is -2.33. The van der Waals surface area contributed by atoms with Gasteiger partial charge in [-0.25, -0.2) is 4.79 Å². The van der Waals surface area contributed by atoms with Crippen LogP contribution in [0.1, 0.15) is 45.4 Å². The lowest BCUT2D eigenvalue weighted by atomic mass is 9.87. The van der Waals surface area contributed by atoms with Gasteiger partial charge in [0.25, 0.3) is 0 Å². The molecule has 0 unspecified atom stereocenters. The van der Waals surface area contributed by atoms with Crippen LogP contribution in [0, 0.1) is 11.8 Å². The van der Waals surface area contributed by atoms with Crippen LogP contribution in [0.15, 0.2) is 0 Å². The number of rotatable bonds is 2. The fourth-order valence-electron chi connectivity index (χ4n) is 3.00. The predicted molar refractivity (Wildman–Crippen MR) is 71.9 cm³/mol. The number of piperidine rings is 1. The smallest absolute Gasteiger partial charge is 0.317 e. The van der Waals surface area contributed by atoms with Crippen LogP contribution in [0.4, 0.5) is 4.79 Å². The number of aliphatic carboxylic acids is 1. The van der Waals surface area contributed by atoms with Crippen molar-refractivity contribution < 1.29 is 14.7 Å². The van der Waals surface area contributed by atoms with E-state index in [1.165, 1.54) is 12.8 Å².